The Morgan fingerprint density at radius 1 is 1.35 bits per heavy atom. The van der Waals surface area contributed by atoms with Crippen molar-refractivity contribution in [1.29, 1.82) is 0 Å². The molecule has 0 saturated carbocycles. The van der Waals surface area contributed by atoms with E-state index >= 15 is 0 Å². The first-order chi connectivity index (χ1) is 9.58. The third-order valence-corrected chi connectivity index (χ3v) is 5.17. The van der Waals surface area contributed by atoms with Gasteiger partial charge in [0.05, 0.1) is 23.9 Å². The van der Waals surface area contributed by atoms with E-state index in [0.29, 0.717) is 4.83 Å². The molecule has 4 heteroatoms. The maximum atomic E-state index is 6.35. The van der Waals surface area contributed by atoms with Crippen molar-refractivity contribution in [1.82, 2.24) is 0 Å². The van der Waals surface area contributed by atoms with Crippen molar-refractivity contribution in [3.63, 3.8) is 0 Å². The van der Waals surface area contributed by atoms with Gasteiger partial charge in [-0.1, -0.05) is 50.9 Å². The normalized spacial score (nSPS) is 42.6. The minimum atomic E-state index is -0.285. The molecule has 0 aromatic heterocycles. The summed E-state index contributed by atoms with van der Waals surface area (Å²) in [5, 5.41) is 0. The summed E-state index contributed by atoms with van der Waals surface area (Å²) in [5.41, 5.74) is 2.79. The highest BCUT2D eigenvalue weighted by Gasteiger charge is 2.43. The molecule has 2 heterocycles. The molecule has 2 aliphatic heterocycles. The van der Waals surface area contributed by atoms with E-state index in [1.807, 2.05) is 6.08 Å². The highest BCUT2D eigenvalue weighted by Crippen LogP contribution is 2.37. The van der Waals surface area contributed by atoms with Gasteiger partial charge in [0.2, 0.25) is 0 Å². The monoisotopic (exact) mass is 404 g/mol. The third-order valence-electron chi connectivity index (χ3n) is 3.95. The molecule has 1 saturated heterocycles. The summed E-state index contributed by atoms with van der Waals surface area (Å²) in [6.45, 7) is 4.28. The van der Waals surface area contributed by atoms with E-state index in [4.69, 9.17) is 9.47 Å². The molecule has 2 aliphatic rings. The van der Waals surface area contributed by atoms with Crippen LogP contribution in [0.25, 0.3) is 0 Å². The zero-order valence-electron chi connectivity index (χ0n) is 12.0. The van der Waals surface area contributed by atoms with Gasteiger partial charge in [-0.15, -0.1) is 5.73 Å². The smallest absolute Gasteiger partial charge is 0.0938 e. The second-order valence-corrected chi connectivity index (χ2v) is 7.31. The SMILES string of the molecule is CC[C@H]1O[C@H]2C[C@](C)(C=C=CBr)O[C@H]2C/C=C\C[C@@H]1Br. The predicted molar refractivity (Wildman–Crippen MR) is 89.5 cm³/mol. The van der Waals surface area contributed by atoms with Gasteiger partial charge >= 0.3 is 0 Å². The highest BCUT2D eigenvalue weighted by atomic mass is 79.9. The second-order valence-electron chi connectivity index (χ2n) is 5.67. The van der Waals surface area contributed by atoms with Gasteiger partial charge in [0.1, 0.15) is 0 Å². The minimum absolute atomic E-state index is 0.136. The summed E-state index contributed by atoms with van der Waals surface area (Å²) in [7, 11) is 0. The molecule has 0 amide bonds. The quantitative estimate of drug-likeness (QED) is 0.370. The van der Waals surface area contributed by atoms with Crippen LogP contribution in [0.2, 0.25) is 0 Å². The Hall–Kier alpha value is 0.140. The summed E-state index contributed by atoms with van der Waals surface area (Å²) in [6, 6.07) is 0. The van der Waals surface area contributed by atoms with Crippen LogP contribution in [0, 0.1) is 0 Å². The maximum Gasteiger partial charge on any atom is 0.0938 e. The fourth-order valence-electron chi connectivity index (χ4n) is 2.91. The number of alkyl halides is 1. The summed E-state index contributed by atoms with van der Waals surface area (Å²) in [4.78, 5) is 2.12. The van der Waals surface area contributed by atoms with Crippen molar-refractivity contribution in [3.05, 3.63) is 28.9 Å². The van der Waals surface area contributed by atoms with Gasteiger partial charge in [0, 0.05) is 16.2 Å². The molecule has 1 fully saturated rings. The zero-order chi connectivity index (χ0) is 14.6. The van der Waals surface area contributed by atoms with E-state index in [1.54, 1.807) is 4.99 Å². The fourth-order valence-corrected chi connectivity index (χ4v) is 3.75. The van der Waals surface area contributed by atoms with Crippen molar-refractivity contribution >= 4 is 31.9 Å². The Balaban J connectivity index is 2.16. The molecule has 5 atom stereocenters. The molecule has 112 valence electrons. The zero-order valence-corrected chi connectivity index (χ0v) is 15.2. The Bertz CT molecular complexity index is 415. The van der Waals surface area contributed by atoms with Crippen LogP contribution < -0.4 is 0 Å². The molecule has 0 N–H and O–H groups in total. The lowest BCUT2D eigenvalue weighted by Gasteiger charge is -2.26. The van der Waals surface area contributed by atoms with Crippen LogP contribution in [0.4, 0.5) is 0 Å². The summed E-state index contributed by atoms with van der Waals surface area (Å²) in [5.74, 6) is 0. The van der Waals surface area contributed by atoms with Gasteiger partial charge in [0.25, 0.3) is 0 Å². The molecule has 0 bridgehead atoms. The lowest BCUT2D eigenvalue weighted by molar-refractivity contribution is -0.0613. The van der Waals surface area contributed by atoms with Gasteiger partial charge in [-0.2, -0.15) is 0 Å². The number of rotatable bonds is 2. The van der Waals surface area contributed by atoms with Crippen molar-refractivity contribution in [3.8, 4) is 0 Å². The molecule has 0 radical (unpaired) electrons. The van der Waals surface area contributed by atoms with E-state index in [1.165, 1.54) is 0 Å². The minimum Gasteiger partial charge on any atom is -0.371 e. The van der Waals surface area contributed by atoms with E-state index in [2.05, 4.69) is 63.6 Å². The lowest BCUT2D eigenvalue weighted by atomic mass is 9.99. The van der Waals surface area contributed by atoms with Crippen LogP contribution in [0.15, 0.2) is 28.9 Å². The average Bonchev–Trinajstić information content (AvgIpc) is 2.76. The molecule has 0 aliphatic carbocycles. The number of fused-ring (bicyclic) bond motifs is 1. The van der Waals surface area contributed by atoms with Gasteiger partial charge in [-0.25, -0.2) is 0 Å². The highest BCUT2D eigenvalue weighted by molar-refractivity contribution is 9.11. The number of allylic oxidation sites excluding steroid dienone is 1. The molecule has 0 spiro atoms. The van der Waals surface area contributed by atoms with Crippen LogP contribution in [-0.4, -0.2) is 28.7 Å². The van der Waals surface area contributed by atoms with Gasteiger partial charge in [-0.05, 0) is 32.3 Å². The Morgan fingerprint density at radius 3 is 2.80 bits per heavy atom. The lowest BCUT2D eigenvalue weighted by Crippen LogP contribution is -2.32. The largest absolute Gasteiger partial charge is 0.371 e. The van der Waals surface area contributed by atoms with Gasteiger partial charge < -0.3 is 9.47 Å². The third kappa shape index (κ3) is 4.08. The van der Waals surface area contributed by atoms with E-state index in [-0.39, 0.29) is 23.9 Å². The number of hydrogen-bond acceptors (Lipinski definition) is 2. The van der Waals surface area contributed by atoms with Crippen LogP contribution in [0.5, 0.6) is 0 Å². The topological polar surface area (TPSA) is 18.5 Å². The van der Waals surface area contributed by atoms with E-state index in [0.717, 1.165) is 25.7 Å². The number of halogens is 2. The molecular formula is C16H22Br2O2. The Labute approximate surface area is 138 Å². The average molecular weight is 406 g/mol. The molecule has 0 aromatic rings. The molecule has 0 unspecified atom stereocenters. The van der Waals surface area contributed by atoms with E-state index < -0.39 is 0 Å². The van der Waals surface area contributed by atoms with Crippen molar-refractivity contribution in [2.24, 2.45) is 0 Å². The second kappa shape index (κ2) is 7.42. The van der Waals surface area contributed by atoms with Crippen molar-refractivity contribution < 1.29 is 9.47 Å². The van der Waals surface area contributed by atoms with Crippen molar-refractivity contribution in [2.75, 3.05) is 0 Å². The van der Waals surface area contributed by atoms with Gasteiger partial charge in [0.15, 0.2) is 0 Å². The summed E-state index contributed by atoms with van der Waals surface area (Å²) < 4.78 is 12.6. The van der Waals surface area contributed by atoms with Gasteiger partial charge in [-0.3, -0.25) is 0 Å². The first-order valence-electron chi connectivity index (χ1n) is 7.22. The molecule has 0 aromatic carbocycles. The standard InChI is InChI=1S/C16H22Br2O2/c1-3-13-12(18)7-4-5-8-14-15(19-13)11-16(2,20-14)9-6-10-17/h4-5,9-10,12-15H,3,7-8,11H2,1-2H3/b5-4-/t6?,12-,13+,14-,15-,16-/m0/s1. The van der Waals surface area contributed by atoms with Crippen LogP contribution in [0.3, 0.4) is 0 Å². The van der Waals surface area contributed by atoms with Crippen LogP contribution in [0.1, 0.15) is 39.5 Å². The molecule has 20 heavy (non-hydrogen) atoms. The Kier molecular flexibility index (Phi) is 6.12. The molecule has 2 rings (SSSR count). The van der Waals surface area contributed by atoms with Crippen LogP contribution in [-0.2, 0) is 9.47 Å². The first kappa shape index (κ1) is 16.5. The fraction of sp³-hybridized carbons (Fsp3) is 0.688. The van der Waals surface area contributed by atoms with E-state index in [9.17, 15) is 0 Å². The molecular weight excluding hydrogens is 384 g/mol. The number of ether oxygens (including phenoxy) is 2. The first-order valence-corrected chi connectivity index (χ1v) is 9.06. The molecule has 2 nitrogen and oxygen atoms in total. The summed E-state index contributed by atoms with van der Waals surface area (Å²) in [6.07, 6.45) is 10.8. The Morgan fingerprint density at radius 2 is 2.10 bits per heavy atom. The summed E-state index contributed by atoms with van der Waals surface area (Å²) >= 11 is 7.00. The predicted octanol–water partition coefficient (Wildman–Crippen LogP) is 4.88. The van der Waals surface area contributed by atoms with Crippen molar-refractivity contribution in [2.45, 2.75) is 68.3 Å². The van der Waals surface area contributed by atoms with Crippen LogP contribution >= 0.6 is 31.9 Å². The maximum absolute atomic E-state index is 6.35. The number of hydrogen-bond donors (Lipinski definition) is 0.